The highest BCUT2D eigenvalue weighted by molar-refractivity contribution is 6.30. The lowest BCUT2D eigenvalue weighted by Crippen LogP contribution is -2.31. The van der Waals surface area contributed by atoms with Gasteiger partial charge >= 0.3 is 5.97 Å². The average Bonchev–Trinajstić information content (AvgIpc) is 2.77. The van der Waals surface area contributed by atoms with Crippen LogP contribution < -0.4 is 5.32 Å². The predicted octanol–water partition coefficient (Wildman–Crippen LogP) is 6.81. The number of pyridine rings is 1. The van der Waals surface area contributed by atoms with E-state index < -0.39 is 5.97 Å². The molecule has 0 radical (unpaired) electrons. The molecule has 2 N–H and O–H groups in total. The molecular formula is C28H29ClN2O3. The summed E-state index contributed by atoms with van der Waals surface area (Å²) in [5.74, 6) is -0.908. The van der Waals surface area contributed by atoms with Gasteiger partial charge in [-0.3, -0.25) is 14.6 Å². The van der Waals surface area contributed by atoms with Gasteiger partial charge < -0.3 is 10.4 Å². The molecule has 0 unspecified atom stereocenters. The van der Waals surface area contributed by atoms with Crippen molar-refractivity contribution >= 4 is 29.2 Å². The molecule has 3 aromatic rings. The van der Waals surface area contributed by atoms with E-state index in [4.69, 9.17) is 11.6 Å². The molecule has 1 fully saturated rings. The topological polar surface area (TPSA) is 79.3 Å². The van der Waals surface area contributed by atoms with Crippen LogP contribution >= 0.6 is 11.6 Å². The van der Waals surface area contributed by atoms with E-state index in [1.54, 1.807) is 12.4 Å². The van der Waals surface area contributed by atoms with E-state index in [2.05, 4.69) is 10.3 Å². The third-order valence-corrected chi connectivity index (χ3v) is 7.06. The van der Waals surface area contributed by atoms with E-state index in [1.807, 2.05) is 62.4 Å². The third kappa shape index (κ3) is 5.31. The van der Waals surface area contributed by atoms with Crippen LogP contribution in [0.1, 0.15) is 61.1 Å². The van der Waals surface area contributed by atoms with Gasteiger partial charge in [0.1, 0.15) is 0 Å². The standard InChI is InChI=1S/C28H29ClN2O3/c1-17(13-26(32)33)24-7-4-8-25(18(24)2)31-28(34)27(20-5-3-6-20)21-11-9-19(10-12-21)22-14-23(29)16-30-15-22/h4,7-12,14-17,20,27H,3,5-6,13H2,1-2H3,(H,31,34)(H,32,33)/t17-,27-/m1/s1. The predicted molar refractivity (Wildman–Crippen MR) is 135 cm³/mol. The second-order valence-electron chi connectivity index (χ2n) is 9.19. The summed E-state index contributed by atoms with van der Waals surface area (Å²) in [6, 6.07) is 15.7. The molecule has 1 aromatic heterocycles. The molecule has 1 aliphatic carbocycles. The van der Waals surface area contributed by atoms with E-state index in [0.717, 1.165) is 52.8 Å². The van der Waals surface area contributed by atoms with Crippen molar-refractivity contribution in [3.63, 3.8) is 0 Å². The fourth-order valence-electron chi connectivity index (χ4n) is 4.77. The van der Waals surface area contributed by atoms with E-state index in [9.17, 15) is 14.7 Å². The van der Waals surface area contributed by atoms with Crippen molar-refractivity contribution < 1.29 is 14.7 Å². The van der Waals surface area contributed by atoms with Crippen LogP contribution in [0.25, 0.3) is 11.1 Å². The maximum absolute atomic E-state index is 13.5. The average molecular weight is 477 g/mol. The minimum absolute atomic E-state index is 0.0204. The molecule has 0 spiro atoms. The summed E-state index contributed by atoms with van der Waals surface area (Å²) in [4.78, 5) is 28.9. The molecule has 6 heteroatoms. The lowest BCUT2D eigenvalue weighted by atomic mass is 9.72. The molecule has 2 atom stereocenters. The summed E-state index contributed by atoms with van der Waals surface area (Å²) >= 11 is 6.09. The lowest BCUT2D eigenvalue weighted by molar-refractivity contribution is -0.137. The van der Waals surface area contributed by atoms with E-state index in [0.29, 0.717) is 10.9 Å². The SMILES string of the molecule is Cc1c(NC(=O)[C@@H](c2ccc(-c3cncc(Cl)c3)cc2)C2CCC2)cccc1[C@H](C)CC(=O)O. The van der Waals surface area contributed by atoms with Gasteiger partial charge in [-0.15, -0.1) is 0 Å². The first-order valence-electron chi connectivity index (χ1n) is 11.7. The maximum Gasteiger partial charge on any atom is 0.303 e. The van der Waals surface area contributed by atoms with Crippen molar-refractivity contribution in [3.8, 4) is 11.1 Å². The van der Waals surface area contributed by atoms with Gasteiger partial charge in [-0.1, -0.05) is 61.3 Å². The van der Waals surface area contributed by atoms with Crippen molar-refractivity contribution in [2.24, 2.45) is 5.92 Å². The van der Waals surface area contributed by atoms with Crippen molar-refractivity contribution in [2.75, 3.05) is 5.32 Å². The molecular weight excluding hydrogens is 448 g/mol. The van der Waals surface area contributed by atoms with Gasteiger partial charge in [0.25, 0.3) is 0 Å². The Labute approximate surface area is 205 Å². The Kier molecular flexibility index (Phi) is 7.32. The Morgan fingerprint density at radius 3 is 2.47 bits per heavy atom. The minimum atomic E-state index is -0.830. The number of amides is 1. The zero-order valence-electron chi connectivity index (χ0n) is 19.4. The number of aromatic nitrogens is 1. The normalized spacial score (nSPS) is 15.3. The Morgan fingerprint density at radius 1 is 1.12 bits per heavy atom. The number of rotatable bonds is 8. The number of carboxylic acids is 1. The van der Waals surface area contributed by atoms with Gasteiger partial charge in [-0.05, 0) is 66.0 Å². The van der Waals surface area contributed by atoms with Gasteiger partial charge in [0.15, 0.2) is 0 Å². The molecule has 5 nitrogen and oxygen atoms in total. The number of anilines is 1. The van der Waals surface area contributed by atoms with Crippen molar-refractivity contribution in [1.29, 1.82) is 0 Å². The number of carboxylic acid groups (broad SMARTS) is 1. The number of hydrogen-bond acceptors (Lipinski definition) is 3. The van der Waals surface area contributed by atoms with Crippen LogP contribution in [0.3, 0.4) is 0 Å². The number of aliphatic carboxylic acids is 1. The number of carbonyl (C=O) groups excluding carboxylic acids is 1. The number of carbonyl (C=O) groups is 2. The highest BCUT2D eigenvalue weighted by Crippen LogP contribution is 2.41. The Bertz CT molecular complexity index is 1190. The molecule has 4 rings (SSSR count). The summed E-state index contributed by atoms with van der Waals surface area (Å²) in [6.45, 7) is 3.84. The lowest BCUT2D eigenvalue weighted by Gasteiger charge is -2.33. The van der Waals surface area contributed by atoms with Crippen LogP contribution in [0.5, 0.6) is 0 Å². The molecule has 176 valence electrons. The van der Waals surface area contributed by atoms with Crippen LogP contribution in [0.15, 0.2) is 60.9 Å². The summed E-state index contributed by atoms with van der Waals surface area (Å²) < 4.78 is 0. The molecule has 34 heavy (non-hydrogen) atoms. The van der Waals surface area contributed by atoms with Crippen molar-refractivity contribution in [2.45, 2.75) is 51.4 Å². The van der Waals surface area contributed by atoms with Gasteiger partial charge in [0, 0.05) is 23.6 Å². The molecule has 0 bridgehead atoms. The van der Waals surface area contributed by atoms with Crippen LogP contribution in [0.2, 0.25) is 5.02 Å². The second-order valence-corrected chi connectivity index (χ2v) is 9.63. The van der Waals surface area contributed by atoms with E-state index in [-0.39, 0.29) is 24.2 Å². The van der Waals surface area contributed by atoms with E-state index >= 15 is 0 Å². The Balaban J connectivity index is 1.57. The smallest absolute Gasteiger partial charge is 0.303 e. The summed E-state index contributed by atoms with van der Waals surface area (Å²) in [5.41, 5.74) is 5.54. The molecule has 2 aromatic carbocycles. The quantitative estimate of drug-likeness (QED) is 0.374. The molecule has 1 heterocycles. The van der Waals surface area contributed by atoms with Crippen LogP contribution in [0.4, 0.5) is 5.69 Å². The monoisotopic (exact) mass is 476 g/mol. The summed E-state index contributed by atoms with van der Waals surface area (Å²) in [5, 5.41) is 12.9. The van der Waals surface area contributed by atoms with Crippen molar-refractivity contribution in [3.05, 3.63) is 82.6 Å². The highest BCUT2D eigenvalue weighted by atomic mass is 35.5. The van der Waals surface area contributed by atoms with Gasteiger partial charge in [0.2, 0.25) is 5.91 Å². The molecule has 1 amide bonds. The Hall–Kier alpha value is -3.18. The first kappa shape index (κ1) is 24.0. The summed E-state index contributed by atoms with van der Waals surface area (Å²) in [6.07, 6.45) is 6.65. The number of benzene rings is 2. The van der Waals surface area contributed by atoms with Crippen LogP contribution in [-0.2, 0) is 9.59 Å². The third-order valence-electron chi connectivity index (χ3n) is 6.86. The number of nitrogens with zero attached hydrogens (tertiary/aromatic N) is 1. The van der Waals surface area contributed by atoms with Gasteiger partial charge in [0.05, 0.1) is 17.4 Å². The number of hydrogen-bond donors (Lipinski definition) is 2. The van der Waals surface area contributed by atoms with Crippen molar-refractivity contribution in [1.82, 2.24) is 4.98 Å². The van der Waals surface area contributed by atoms with E-state index in [1.165, 1.54) is 0 Å². The fraction of sp³-hybridized carbons (Fsp3) is 0.321. The minimum Gasteiger partial charge on any atom is -0.481 e. The van der Waals surface area contributed by atoms with Crippen LogP contribution in [-0.4, -0.2) is 22.0 Å². The Morgan fingerprint density at radius 2 is 1.85 bits per heavy atom. The summed E-state index contributed by atoms with van der Waals surface area (Å²) in [7, 11) is 0. The first-order chi connectivity index (χ1) is 16.3. The highest BCUT2D eigenvalue weighted by Gasteiger charge is 2.34. The second kappa shape index (κ2) is 10.4. The largest absolute Gasteiger partial charge is 0.481 e. The molecule has 1 saturated carbocycles. The zero-order chi connectivity index (χ0) is 24.2. The van der Waals surface area contributed by atoms with Gasteiger partial charge in [-0.25, -0.2) is 0 Å². The first-order valence-corrected chi connectivity index (χ1v) is 12.0. The fourth-order valence-corrected chi connectivity index (χ4v) is 4.94. The maximum atomic E-state index is 13.5. The number of halogens is 1. The number of nitrogens with one attached hydrogen (secondary N) is 1. The molecule has 1 aliphatic rings. The van der Waals surface area contributed by atoms with Crippen LogP contribution in [0, 0.1) is 12.8 Å². The molecule has 0 saturated heterocycles. The van der Waals surface area contributed by atoms with Gasteiger partial charge in [-0.2, -0.15) is 0 Å². The zero-order valence-corrected chi connectivity index (χ0v) is 20.2. The molecule has 0 aliphatic heterocycles.